The van der Waals surface area contributed by atoms with E-state index < -0.39 is 6.10 Å². The molecule has 1 atom stereocenters. The number of nitrogens with one attached hydrogen (secondary N) is 2. The molecule has 0 aromatic carbocycles. The predicted octanol–water partition coefficient (Wildman–Crippen LogP) is 2.86. The highest BCUT2D eigenvalue weighted by Gasteiger charge is 2.35. The number of halogens is 2. The van der Waals surface area contributed by atoms with Crippen molar-refractivity contribution in [2.75, 3.05) is 19.6 Å². The number of piperidine rings is 1. The second-order valence-corrected chi connectivity index (χ2v) is 6.73. The van der Waals surface area contributed by atoms with E-state index >= 15 is 0 Å². The monoisotopic (exact) mass is 361 g/mol. The highest BCUT2D eigenvalue weighted by atomic mass is 35.5. The van der Waals surface area contributed by atoms with E-state index in [-0.39, 0.29) is 24.8 Å². The van der Waals surface area contributed by atoms with Crippen molar-refractivity contribution in [1.82, 2.24) is 15.6 Å². The van der Waals surface area contributed by atoms with Gasteiger partial charge in [-0.15, -0.1) is 24.8 Å². The van der Waals surface area contributed by atoms with Crippen LogP contribution < -0.4 is 10.6 Å². The molecule has 3 N–H and O–H groups in total. The first-order valence-corrected chi connectivity index (χ1v) is 8.30. The summed E-state index contributed by atoms with van der Waals surface area (Å²) in [6, 6.07) is 4.38. The highest BCUT2D eigenvalue weighted by molar-refractivity contribution is 5.85. The van der Waals surface area contributed by atoms with Crippen LogP contribution in [-0.2, 0) is 0 Å². The zero-order valence-electron chi connectivity index (χ0n) is 13.5. The highest BCUT2D eigenvalue weighted by Crippen LogP contribution is 2.43. The molecular weight excluding hydrogens is 333 g/mol. The molecule has 1 aliphatic heterocycles. The molecule has 2 aliphatic rings. The number of rotatable bonds is 4. The summed E-state index contributed by atoms with van der Waals surface area (Å²) in [4.78, 5) is 4.06. The summed E-state index contributed by atoms with van der Waals surface area (Å²) in [7, 11) is 0. The van der Waals surface area contributed by atoms with Gasteiger partial charge in [0.05, 0.1) is 6.10 Å². The van der Waals surface area contributed by atoms with E-state index in [4.69, 9.17) is 0 Å². The van der Waals surface area contributed by atoms with E-state index in [1.54, 1.807) is 12.4 Å². The number of aliphatic hydroxyl groups is 1. The van der Waals surface area contributed by atoms with Crippen LogP contribution in [0.1, 0.15) is 50.2 Å². The lowest BCUT2D eigenvalue weighted by Gasteiger charge is -2.43. The van der Waals surface area contributed by atoms with Crippen molar-refractivity contribution >= 4 is 24.8 Å². The van der Waals surface area contributed by atoms with E-state index in [9.17, 15) is 5.11 Å². The fourth-order valence-corrected chi connectivity index (χ4v) is 3.86. The Morgan fingerprint density at radius 2 is 1.91 bits per heavy atom. The summed E-state index contributed by atoms with van der Waals surface area (Å²) in [5.41, 5.74) is 1.52. The van der Waals surface area contributed by atoms with E-state index in [2.05, 4.69) is 15.6 Å². The molecule has 23 heavy (non-hydrogen) atoms. The van der Waals surface area contributed by atoms with Crippen LogP contribution in [0.25, 0.3) is 0 Å². The van der Waals surface area contributed by atoms with Gasteiger partial charge in [-0.1, -0.05) is 6.07 Å². The van der Waals surface area contributed by atoms with Gasteiger partial charge in [-0.3, -0.25) is 4.98 Å². The largest absolute Gasteiger partial charge is 0.387 e. The van der Waals surface area contributed by atoms with Gasteiger partial charge in [-0.25, -0.2) is 0 Å². The smallest absolute Gasteiger partial charge is 0.0929 e. The van der Waals surface area contributed by atoms with Crippen molar-refractivity contribution in [3.63, 3.8) is 0 Å². The van der Waals surface area contributed by atoms with Gasteiger partial charge in [0.25, 0.3) is 0 Å². The Balaban J connectivity index is 0.00000132. The summed E-state index contributed by atoms with van der Waals surface area (Å²) in [6.07, 6.45) is 10.9. The molecule has 2 heterocycles. The van der Waals surface area contributed by atoms with Gasteiger partial charge in [-0.2, -0.15) is 0 Å². The zero-order valence-corrected chi connectivity index (χ0v) is 15.2. The summed E-state index contributed by atoms with van der Waals surface area (Å²) in [6.45, 7) is 3.01. The maximum atomic E-state index is 10.2. The molecular formula is C17H29Cl2N3O. The Bertz CT molecular complexity index is 431. The first kappa shape index (κ1) is 20.7. The lowest BCUT2D eigenvalue weighted by atomic mass is 9.67. The molecule has 132 valence electrons. The van der Waals surface area contributed by atoms with Crippen molar-refractivity contribution < 1.29 is 5.11 Å². The third kappa shape index (κ3) is 5.57. The van der Waals surface area contributed by atoms with Crippen molar-refractivity contribution in [2.45, 2.75) is 50.7 Å². The first-order valence-electron chi connectivity index (χ1n) is 8.30. The van der Waals surface area contributed by atoms with Gasteiger partial charge in [-0.05, 0) is 63.1 Å². The molecule has 1 aromatic heterocycles. The van der Waals surface area contributed by atoms with Crippen molar-refractivity contribution in [3.8, 4) is 0 Å². The van der Waals surface area contributed by atoms with Crippen LogP contribution >= 0.6 is 24.8 Å². The normalized spacial score (nSPS) is 22.0. The minimum absolute atomic E-state index is 0. The zero-order chi connectivity index (χ0) is 14.5. The number of aromatic nitrogens is 1. The number of nitrogens with zero attached hydrogens (tertiary/aromatic N) is 1. The number of aliphatic hydroxyl groups excluding tert-OH is 1. The lowest BCUT2D eigenvalue weighted by molar-refractivity contribution is 0.107. The minimum Gasteiger partial charge on any atom is -0.387 e. The van der Waals surface area contributed by atoms with E-state index in [1.807, 2.05) is 12.1 Å². The summed E-state index contributed by atoms with van der Waals surface area (Å²) in [5, 5.41) is 17.2. The van der Waals surface area contributed by atoms with Gasteiger partial charge >= 0.3 is 0 Å². The van der Waals surface area contributed by atoms with E-state index in [1.165, 1.54) is 51.6 Å². The molecule has 0 radical (unpaired) electrons. The quantitative estimate of drug-likeness (QED) is 0.771. The number of hydrogen-bond donors (Lipinski definition) is 3. The van der Waals surface area contributed by atoms with Gasteiger partial charge in [0.15, 0.2) is 0 Å². The molecule has 1 unspecified atom stereocenters. The summed E-state index contributed by atoms with van der Waals surface area (Å²) >= 11 is 0. The Kier molecular flexibility index (Phi) is 8.80. The third-order valence-electron chi connectivity index (χ3n) is 5.38. The van der Waals surface area contributed by atoms with Gasteiger partial charge in [0.1, 0.15) is 0 Å². The fraction of sp³-hybridized carbons (Fsp3) is 0.706. The van der Waals surface area contributed by atoms with Crippen molar-refractivity contribution in [1.29, 1.82) is 0 Å². The predicted molar refractivity (Wildman–Crippen MR) is 98.5 cm³/mol. The van der Waals surface area contributed by atoms with Crippen LogP contribution in [-0.4, -0.2) is 35.8 Å². The first-order chi connectivity index (χ1) is 10.3. The van der Waals surface area contributed by atoms with E-state index in [0.29, 0.717) is 18.0 Å². The number of hydrogen-bond acceptors (Lipinski definition) is 4. The van der Waals surface area contributed by atoms with Crippen LogP contribution in [0.5, 0.6) is 0 Å². The fourth-order valence-electron chi connectivity index (χ4n) is 3.86. The maximum absolute atomic E-state index is 10.2. The topological polar surface area (TPSA) is 57.2 Å². The van der Waals surface area contributed by atoms with Crippen molar-refractivity contribution in [3.05, 3.63) is 30.1 Å². The molecule has 6 heteroatoms. The van der Waals surface area contributed by atoms with Crippen molar-refractivity contribution in [2.24, 2.45) is 5.41 Å². The van der Waals surface area contributed by atoms with Gasteiger partial charge < -0.3 is 15.7 Å². The summed E-state index contributed by atoms with van der Waals surface area (Å²) in [5.74, 6) is 0. The Labute approximate surface area is 151 Å². The molecule has 1 spiro atoms. The second-order valence-electron chi connectivity index (χ2n) is 6.73. The van der Waals surface area contributed by atoms with Gasteiger partial charge in [0.2, 0.25) is 0 Å². The van der Waals surface area contributed by atoms with Crippen LogP contribution in [0.15, 0.2) is 24.5 Å². The van der Waals surface area contributed by atoms with Crippen LogP contribution in [0.3, 0.4) is 0 Å². The molecule has 1 aromatic rings. The molecule has 0 bridgehead atoms. The Morgan fingerprint density at radius 1 is 1.22 bits per heavy atom. The molecule has 0 amide bonds. The van der Waals surface area contributed by atoms with Gasteiger partial charge in [0, 0.05) is 30.5 Å². The average molecular weight is 362 g/mol. The molecule has 1 saturated carbocycles. The van der Waals surface area contributed by atoms with E-state index in [0.717, 1.165) is 5.56 Å². The molecule has 1 aliphatic carbocycles. The standard InChI is InChI=1S/C17H27N3O.2ClH/c21-16(14-2-1-9-19-12-14)13-20-15-3-5-17(6-4-15)7-10-18-11-8-17;;/h1-2,9,12,15-16,18,20-21H,3-8,10-11,13H2;2*1H. The van der Waals surface area contributed by atoms with Crippen LogP contribution in [0, 0.1) is 5.41 Å². The average Bonchev–Trinajstić information content (AvgIpc) is 2.56. The molecule has 2 fully saturated rings. The third-order valence-corrected chi connectivity index (χ3v) is 5.38. The Morgan fingerprint density at radius 3 is 2.52 bits per heavy atom. The molecule has 1 saturated heterocycles. The summed E-state index contributed by atoms with van der Waals surface area (Å²) < 4.78 is 0. The second kappa shape index (κ2) is 9.80. The number of pyridine rings is 1. The minimum atomic E-state index is -0.450. The van der Waals surface area contributed by atoms with Crippen LogP contribution in [0.4, 0.5) is 0 Å². The lowest BCUT2D eigenvalue weighted by Crippen LogP contribution is -2.43. The van der Waals surface area contributed by atoms with Crippen LogP contribution in [0.2, 0.25) is 0 Å². The molecule has 3 rings (SSSR count). The Hall–Kier alpha value is -0.390. The molecule has 4 nitrogen and oxygen atoms in total. The maximum Gasteiger partial charge on any atom is 0.0929 e. The SMILES string of the molecule is Cl.Cl.OC(CNC1CCC2(CCNCC2)CC1)c1cccnc1.